The summed E-state index contributed by atoms with van der Waals surface area (Å²) in [5, 5.41) is 0. The van der Waals surface area contributed by atoms with Crippen molar-refractivity contribution in [2.75, 3.05) is 0 Å². The second kappa shape index (κ2) is 7.90. The third-order valence-corrected chi connectivity index (χ3v) is 8.01. The molecular formula is C19H16F18. The maximum atomic E-state index is 15.0. The zero-order chi connectivity index (χ0) is 29.1. The molecule has 0 aromatic carbocycles. The van der Waals surface area contributed by atoms with E-state index in [1.807, 2.05) is 0 Å². The van der Waals surface area contributed by atoms with Gasteiger partial charge in [-0.2, -0.15) is 39.5 Å². The molecule has 0 aliphatic heterocycles. The van der Waals surface area contributed by atoms with E-state index < -0.39 is 115 Å². The first-order valence-electron chi connectivity index (χ1n) is 10.4. The number of alkyl halides is 18. The molecule has 4 aliphatic rings. The Balaban J connectivity index is 2.29. The van der Waals surface area contributed by atoms with Crippen LogP contribution < -0.4 is 0 Å². The van der Waals surface area contributed by atoms with Crippen LogP contribution in [0.1, 0.15) is 38.5 Å². The minimum Gasteiger partial charge on any atom is -0.231 e. The molecular weight excluding hydrogens is 570 g/mol. The van der Waals surface area contributed by atoms with Gasteiger partial charge in [0.25, 0.3) is 36.3 Å². The van der Waals surface area contributed by atoms with Gasteiger partial charge in [-0.1, -0.05) is 0 Å². The maximum absolute atomic E-state index is 15.0. The summed E-state index contributed by atoms with van der Waals surface area (Å²) in [5.41, 5.74) is -12.1. The minimum absolute atomic E-state index is 1.49. The summed E-state index contributed by atoms with van der Waals surface area (Å²) in [7, 11) is 0. The molecule has 0 N–H and O–H groups in total. The Bertz CT molecular complexity index is 759. The van der Waals surface area contributed by atoms with Gasteiger partial charge in [-0.15, -0.1) is 0 Å². The van der Waals surface area contributed by atoms with Gasteiger partial charge in [-0.05, 0) is 44.4 Å². The first kappa shape index (κ1) is 30.3. The highest BCUT2D eigenvalue weighted by atomic mass is 19.4. The molecule has 0 heterocycles. The molecule has 4 rings (SSSR count). The molecule has 4 fully saturated rings. The van der Waals surface area contributed by atoms with Gasteiger partial charge in [-0.3, -0.25) is 0 Å². The molecule has 3 atom stereocenters. The molecule has 218 valence electrons. The number of hydrogen-bond donors (Lipinski definition) is 0. The lowest BCUT2D eigenvalue weighted by Crippen LogP contribution is -2.74. The van der Waals surface area contributed by atoms with Crippen molar-refractivity contribution in [1.29, 1.82) is 0 Å². The molecule has 4 saturated carbocycles. The smallest absolute Gasteiger partial charge is 0.231 e. The molecule has 4 bridgehead atoms. The van der Waals surface area contributed by atoms with E-state index in [4.69, 9.17) is 0 Å². The Labute approximate surface area is 195 Å². The van der Waals surface area contributed by atoms with Crippen molar-refractivity contribution in [2.45, 2.75) is 93.3 Å². The fraction of sp³-hybridized carbons (Fsp3) is 1.00. The van der Waals surface area contributed by atoms with Gasteiger partial charge < -0.3 is 0 Å². The van der Waals surface area contributed by atoms with Crippen LogP contribution in [0.25, 0.3) is 0 Å². The number of hydrogen-bond acceptors (Lipinski definition) is 0. The van der Waals surface area contributed by atoms with Crippen molar-refractivity contribution in [3.63, 3.8) is 0 Å². The highest BCUT2D eigenvalue weighted by Crippen LogP contribution is 2.80. The third-order valence-electron chi connectivity index (χ3n) is 8.01. The van der Waals surface area contributed by atoms with Gasteiger partial charge >= 0.3 is 18.5 Å². The second-order valence-electron chi connectivity index (χ2n) is 10.4. The van der Waals surface area contributed by atoms with E-state index in [2.05, 4.69) is 0 Å². The van der Waals surface area contributed by atoms with Crippen molar-refractivity contribution in [3.8, 4) is 0 Å². The van der Waals surface area contributed by atoms with Crippen molar-refractivity contribution < 1.29 is 79.0 Å². The minimum atomic E-state index is -6.47. The van der Waals surface area contributed by atoms with Crippen LogP contribution in [0.3, 0.4) is 0 Å². The largest absolute Gasteiger partial charge is 0.425 e. The molecule has 18 heteroatoms. The maximum Gasteiger partial charge on any atom is 0.425 e. The fourth-order valence-electron chi connectivity index (χ4n) is 6.98. The van der Waals surface area contributed by atoms with Crippen molar-refractivity contribution >= 4 is 0 Å². The van der Waals surface area contributed by atoms with Crippen LogP contribution in [0.15, 0.2) is 0 Å². The van der Waals surface area contributed by atoms with Crippen molar-refractivity contribution in [1.82, 2.24) is 0 Å². The molecule has 0 spiro atoms. The summed E-state index contributed by atoms with van der Waals surface area (Å²) in [5.74, 6) is -20.0. The van der Waals surface area contributed by atoms with Gasteiger partial charge in [0, 0.05) is 16.2 Å². The molecule has 37 heavy (non-hydrogen) atoms. The highest BCUT2D eigenvalue weighted by Gasteiger charge is 2.84. The van der Waals surface area contributed by atoms with Crippen molar-refractivity contribution in [2.24, 2.45) is 22.2 Å². The monoisotopic (exact) mass is 586 g/mol. The van der Waals surface area contributed by atoms with E-state index in [-0.39, 0.29) is 0 Å². The molecule has 0 aromatic rings. The summed E-state index contributed by atoms with van der Waals surface area (Å²) in [4.78, 5) is 0. The normalized spacial score (nSPS) is 36.0. The van der Waals surface area contributed by atoms with Crippen LogP contribution in [-0.2, 0) is 0 Å². The first-order chi connectivity index (χ1) is 16.1. The Kier molecular flexibility index (Phi) is 6.47. The molecule has 0 aromatic heterocycles. The molecule has 0 amide bonds. The number of halogens is 18. The molecule has 0 saturated heterocycles. The quantitative estimate of drug-likeness (QED) is 0.274. The van der Waals surface area contributed by atoms with Crippen LogP contribution in [0.5, 0.6) is 0 Å². The molecule has 0 radical (unpaired) electrons. The standard InChI is InChI=1S/C19H16F18/c20-8(17(29,30)31)14(23,24)11-1-7-2-12(4-11,15(25,26)9(21)18(32,33)34)6-13(3-7,5-11)16(27,28)10(22)19(35,36)37/h7-10H,1-6H2. The first-order valence-corrected chi connectivity index (χ1v) is 10.4. The number of rotatable bonds is 6. The van der Waals surface area contributed by atoms with Crippen LogP contribution in [-0.4, -0.2) is 54.8 Å². The highest BCUT2D eigenvalue weighted by molar-refractivity contribution is 5.24. The van der Waals surface area contributed by atoms with E-state index >= 15 is 26.3 Å². The third kappa shape index (κ3) is 4.15. The summed E-state index contributed by atoms with van der Waals surface area (Å²) in [6.07, 6.45) is -46.4. The van der Waals surface area contributed by atoms with E-state index in [0.717, 1.165) is 0 Å². The Morgan fingerprint density at radius 2 is 0.595 bits per heavy atom. The average Bonchev–Trinajstić information content (AvgIpc) is 2.68. The van der Waals surface area contributed by atoms with Crippen LogP contribution in [0.2, 0.25) is 0 Å². The average molecular weight is 586 g/mol. The predicted octanol–water partition coefficient (Wildman–Crippen LogP) is 8.55. The van der Waals surface area contributed by atoms with E-state index in [9.17, 15) is 52.7 Å². The summed E-state index contributed by atoms with van der Waals surface area (Å²) >= 11 is 0. The zero-order valence-corrected chi connectivity index (χ0v) is 17.9. The van der Waals surface area contributed by atoms with Gasteiger partial charge in [-0.25, -0.2) is 39.5 Å². The Hall–Kier alpha value is -1.26. The van der Waals surface area contributed by atoms with Crippen LogP contribution >= 0.6 is 0 Å². The van der Waals surface area contributed by atoms with Gasteiger partial charge in [0.05, 0.1) is 0 Å². The summed E-state index contributed by atoms with van der Waals surface area (Å²) < 4.78 is 248. The molecule has 0 nitrogen and oxygen atoms in total. The van der Waals surface area contributed by atoms with Crippen LogP contribution in [0, 0.1) is 22.2 Å². The zero-order valence-electron chi connectivity index (χ0n) is 17.9. The second-order valence-corrected chi connectivity index (χ2v) is 10.4. The lowest BCUT2D eigenvalue weighted by molar-refractivity contribution is -0.383. The summed E-state index contributed by atoms with van der Waals surface area (Å²) in [6, 6.07) is 0. The molecule has 4 aliphatic carbocycles. The predicted molar refractivity (Wildman–Crippen MR) is 86.2 cm³/mol. The van der Waals surface area contributed by atoms with Gasteiger partial charge in [0.2, 0.25) is 0 Å². The van der Waals surface area contributed by atoms with E-state index in [1.54, 1.807) is 0 Å². The SMILES string of the molecule is FC(C(F)(F)F)C(F)(F)C12CC3CC(C(F)(F)C(F)C(F)(F)F)(C1)CC(C(F)(F)C(F)C(F)(F)F)(C3)C2. The van der Waals surface area contributed by atoms with Gasteiger partial charge in [0.15, 0.2) is 0 Å². The summed E-state index contributed by atoms with van der Waals surface area (Å²) in [6.45, 7) is 0. The van der Waals surface area contributed by atoms with E-state index in [0.29, 0.717) is 0 Å². The van der Waals surface area contributed by atoms with Gasteiger partial charge in [0.1, 0.15) is 0 Å². The lowest BCUT2D eigenvalue weighted by Gasteiger charge is -2.70. The Morgan fingerprint density at radius 3 is 0.757 bits per heavy atom. The van der Waals surface area contributed by atoms with Crippen LogP contribution in [0.4, 0.5) is 79.0 Å². The molecule has 3 unspecified atom stereocenters. The lowest BCUT2D eigenvalue weighted by atomic mass is 9.35. The van der Waals surface area contributed by atoms with Crippen molar-refractivity contribution in [3.05, 3.63) is 0 Å². The Morgan fingerprint density at radius 1 is 0.405 bits per heavy atom. The van der Waals surface area contributed by atoms with E-state index in [1.165, 1.54) is 0 Å². The topological polar surface area (TPSA) is 0 Å². The fourth-order valence-corrected chi connectivity index (χ4v) is 6.98.